The number of aromatic nitrogens is 4. The molecule has 0 spiro atoms. The number of nitro groups is 1. The maximum atomic E-state index is 11.9. The maximum Gasteiger partial charge on any atom is 0.319 e. The summed E-state index contributed by atoms with van der Waals surface area (Å²) in [4.78, 5) is 29.6. The minimum absolute atomic E-state index is 0.0524. The summed E-state index contributed by atoms with van der Waals surface area (Å²) in [5.41, 5.74) is -0.688. The highest BCUT2D eigenvalue weighted by molar-refractivity contribution is 6.32. The van der Waals surface area contributed by atoms with E-state index in [0.29, 0.717) is 5.82 Å². The van der Waals surface area contributed by atoms with Crippen molar-refractivity contribution in [1.82, 2.24) is 25.1 Å². The normalized spacial score (nSPS) is 10.3. The SMILES string of the molecule is Cn1cnc(CNC(=O)c2ccnc(Cl)c2[N+](=O)[O-])n1. The molecule has 0 aromatic carbocycles. The minimum atomic E-state index is -0.747. The van der Waals surface area contributed by atoms with Crippen molar-refractivity contribution in [2.45, 2.75) is 6.54 Å². The average Bonchev–Trinajstić information content (AvgIpc) is 2.81. The molecule has 104 valence electrons. The van der Waals surface area contributed by atoms with Crippen LogP contribution in [0.2, 0.25) is 5.15 Å². The van der Waals surface area contributed by atoms with Crippen molar-refractivity contribution in [3.8, 4) is 0 Å². The van der Waals surface area contributed by atoms with Gasteiger partial charge in [-0.15, -0.1) is 0 Å². The second-order valence-electron chi connectivity index (χ2n) is 3.77. The molecule has 20 heavy (non-hydrogen) atoms. The van der Waals surface area contributed by atoms with E-state index < -0.39 is 16.5 Å². The van der Waals surface area contributed by atoms with Crippen molar-refractivity contribution in [3.05, 3.63) is 45.2 Å². The molecule has 0 bridgehead atoms. The smallest absolute Gasteiger partial charge is 0.319 e. The summed E-state index contributed by atoms with van der Waals surface area (Å²) in [6, 6.07) is 1.23. The Kier molecular flexibility index (Phi) is 3.89. The number of nitrogens with zero attached hydrogens (tertiary/aromatic N) is 5. The quantitative estimate of drug-likeness (QED) is 0.504. The molecular formula is C10H9ClN6O3. The molecule has 0 aliphatic rings. The molecular weight excluding hydrogens is 288 g/mol. The molecule has 0 aliphatic carbocycles. The van der Waals surface area contributed by atoms with E-state index in [0.717, 1.165) is 0 Å². The number of hydrogen-bond acceptors (Lipinski definition) is 6. The lowest BCUT2D eigenvalue weighted by Crippen LogP contribution is -2.24. The highest BCUT2D eigenvalue weighted by Gasteiger charge is 2.24. The van der Waals surface area contributed by atoms with Gasteiger partial charge < -0.3 is 5.32 Å². The number of carbonyl (C=O) groups is 1. The van der Waals surface area contributed by atoms with Crippen LogP contribution in [0.4, 0.5) is 5.69 Å². The second-order valence-corrected chi connectivity index (χ2v) is 4.13. The molecule has 2 heterocycles. The third-order valence-electron chi connectivity index (χ3n) is 2.36. The molecule has 2 aromatic rings. The fourth-order valence-electron chi connectivity index (χ4n) is 1.50. The van der Waals surface area contributed by atoms with Crippen molar-refractivity contribution in [3.63, 3.8) is 0 Å². The molecule has 0 saturated heterocycles. The van der Waals surface area contributed by atoms with Crippen LogP contribution in [0, 0.1) is 10.1 Å². The average molecular weight is 297 g/mol. The Morgan fingerprint density at radius 3 is 2.90 bits per heavy atom. The second kappa shape index (κ2) is 5.61. The van der Waals surface area contributed by atoms with Crippen molar-refractivity contribution < 1.29 is 9.72 Å². The van der Waals surface area contributed by atoms with Crippen LogP contribution < -0.4 is 5.32 Å². The fourth-order valence-corrected chi connectivity index (χ4v) is 1.73. The molecule has 1 amide bonds. The van der Waals surface area contributed by atoms with Gasteiger partial charge >= 0.3 is 5.69 Å². The number of halogens is 1. The van der Waals surface area contributed by atoms with Gasteiger partial charge in [0.2, 0.25) is 5.15 Å². The van der Waals surface area contributed by atoms with Crippen LogP contribution in [0.15, 0.2) is 18.6 Å². The van der Waals surface area contributed by atoms with Crippen molar-refractivity contribution >= 4 is 23.2 Å². The third-order valence-corrected chi connectivity index (χ3v) is 2.64. The Morgan fingerprint density at radius 2 is 2.30 bits per heavy atom. The van der Waals surface area contributed by atoms with Gasteiger partial charge in [0.1, 0.15) is 11.9 Å². The standard InChI is InChI=1S/C10H9ClN6O3/c1-16-5-14-7(15-16)4-13-10(18)6-2-3-12-9(11)8(6)17(19)20/h2-3,5H,4H2,1H3,(H,13,18). The van der Waals surface area contributed by atoms with Gasteiger partial charge in [-0.2, -0.15) is 5.10 Å². The van der Waals surface area contributed by atoms with E-state index in [-0.39, 0.29) is 17.3 Å². The number of nitrogens with one attached hydrogen (secondary N) is 1. The summed E-state index contributed by atoms with van der Waals surface area (Å²) in [5.74, 6) is -0.253. The van der Waals surface area contributed by atoms with E-state index in [1.807, 2.05) is 0 Å². The number of rotatable bonds is 4. The Hall–Kier alpha value is -2.55. The minimum Gasteiger partial charge on any atom is -0.344 e. The largest absolute Gasteiger partial charge is 0.344 e. The van der Waals surface area contributed by atoms with Crippen LogP contribution in [-0.4, -0.2) is 30.6 Å². The zero-order chi connectivity index (χ0) is 14.7. The Labute approximate surface area is 117 Å². The number of amides is 1. The summed E-state index contributed by atoms with van der Waals surface area (Å²) in [5, 5.41) is 17.0. The van der Waals surface area contributed by atoms with Crippen LogP contribution in [-0.2, 0) is 13.6 Å². The number of aryl methyl sites for hydroxylation is 1. The molecule has 1 N–H and O–H groups in total. The van der Waals surface area contributed by atoms with Gasteiger partial charge in [-0.3, -0.25) is 19.6 Å². The van der Waals surface area contributed by atoms with E-state index in [4.69, 9.17) is 11.6 Å². The Morgan fingerprint density at radius 1 is 1.55 bits per heavy atom. The summed E-state index contributed by atoms with van der Waals surface area (Å²) in [6.45, 7) is 0.0524. The van der Waals surface area contributed by atoms with Crippen molar-refractivity contribution in [2.75, 3.05) is 0 Å². The highest BCUT2D eigenvalue weighted by Crippen LogP contribution is 2.25. The topological polar surface area (TPSA) is 116 Å². The first kappa shape index (κ1) is 13.9. The van der Waals surface area contributed by atoms with Crippen LogP contribution in [0.5, 0.6) is 0 Å². The summed E-state index contributed by atoms with van der Waals surface area (Å²) >= 11 is 5.63. The molecule has 0 atom stereocenters. The summed E-state index contributed by atoms with van der Waals surface area (Å²) in [7, 11) is 1.69. The third kappa shape index (κ3) is 2.88. The zero-order valence-corrected chi connectivity index (χ0v) is 11.0. The van der Waals surface area contributed by atoms with Crippen LogP contribution >= 0.6 is 11.6 Å². The lowest BCUT2D eigenvalue weighted by molar-refractivity contribution is -0.385. The lowest BCUT2D eigenvalue weighted by Gasteiger charge is -2.04. The van der Waals surface area contributed by atoms with Gasteiger partial charge in [-0.05, 0) is 6.07 Å². The van der Waals surface area contributed by atoms with Crippen LogP contribution in [0.25, 0.3) is 0 Å². The molecule has 0 saturated carbocycles. The van der Waals surface area contributed by atoms with Gasteiger partial charge in [-0.25, -0.2) is 9.97 Å². The summed E-state index contributed by atoms with van der Waals surface area (Å²) < 4.78 is 1.48. The molecule has 2 aromatic heterocycles. The highest BCUT2D eigenvalue weighted by atomic mass is 35.5. The van der Waals surface area contributed by atoms with Gasteiger partial charge in [0, 0.05) is 13.2 Å². The number of carbonyl (C=O) groups excluding carboxylic acids is 1. The molecule has 2 rings (SSSR count). The Balaban J connectivity index is 2.17. The van der Waals surface area contributed by atoms with Crippen molar-refractivity contribution in [1.29, 1.82) is 0 Å². The van der Waals surface area contributed by atoms with Gasteiger partial charge in [-0.1, -0.05) is 11.6 Å². The first-order valence-corrected chi connectivity index (χ1v) is 5.78. The fraction of sp³-hybridized carbons (Fsp3) is 0.200. The first-order valence-electron chi connectivity index (χ1n) is 5.40. The predicted octanol–water partition coefficient (Wildman–Crippen LogP) is 0.702. The van der Waals surface area contributed by atoms with E-state index in [9.17, 15) is 14.9 Å². The predicted molar refractivity (Wildman–Crippen MR) is 68.1 cm³/mol. The molecule has 0 aliphatic heterocycles. The van der Waals surface area contributed by atoms with Gasteiger partial charge in [0.15, 0.2) is 5.82 Å². The van der Waals surface area contributed by atoms with Gasteiger partial charge in [0.25, 0.3) is 5.91 Å². The monoisotopic (exact) mass is 296 g/mol. The maximum absolute atomic E-state index is 11.9. The zero-order valence-electron chi connectivity index (χ0n) is 10.3. The van der Waals surface area contributed by atoms with E-state index in [2.05, 4.69) is 20.4 Å². The van der Waals surface area contributed by atoms with Crippen LogP contribution in [0.3, 0.4) is 0 Å². The lowest BCUT2D eigenvalue weighted by atomic mass is 10.2. The van der Waals surface area contributed by atoms with Gasteiger partial charge in [0.05, 0.1) is 11.5 Å². The first-order chi connectivity index (χ1) is 9.49. The Bertz CT molecular complexity index is 671. The van der Waals surface area contributed by atoms with Crippen LogP contribution in [0.1, 0.15) is 16.2 Å². The summed E-state index contributed by atoms with van der Waals surface area (Å²) in [6.07, 6.45) is 2.70. The number of hydrogen-bond donors (Lipinski definition) is 1. The van der Waals surface area contributed by atoms with Crippen molar-refractivity contribution in [2.24, 2.45) is 7.05 Å². The van der Waals surface area contributed by atoms with E-state index in [1.165, 1.54) is 23.3 Å². The molecule has 10 heteroatoms. The molecule has 0 unspecified atom stereocenters. The van der Waals surface area contributed by atoms with E-state index >= 15 is 0 Å². The molecule has 0 radical (unpaired) electrons. The molecule has 9 nitrogen and oxygen atoms in total. The van der Waals surface area contributed by atoms with E-state index in [1.54, 1.807) is 7.05 Å². The molecule has 0 fully saturated rings. The number of pyridine rings is 1.